The van der Waals surface area contributed by atoms with Crippen LogP contribution in [-0.4, -0.2) is 36.7 Å². The van der Waals surface area contributed by atoms with Crippen molar-refractivity contribution in [2.45, 2.75) is 6.42 Å². The number of halogens is 2. The number of aromatic nitrogens is 6. The molecule has 0 fully saturated rings. The summed E-state index contributed by atoms with van der Waals surface area (Å²) < 4.78 is 0. The number of rotatable bonds is 5. The quantitative estimate of drug-likeness (QED) is 0.469. The minimum Gasteiger partial charge on any atom is -0.368 e. The Morgan fingerprint density at radius 3 is 2.89 bits per heavy atom. The van der Waals surface area contributed by atoms with E-state index in [0.29, 0.717) is 29.8 Å². The van der Waals surface area contributed by atoms with E-state index in [4.69, 9.17) is 17.3 Å². The Kier molecular flexibility index (Phi) is 5.68. The van der Waals surface area contributed by atoms with Gasteiger partial charge in [-0.3, -0.25) is 10.1 Å². The number of aromatic amines is 1. The van der Waals surface area contributed by atoms with E-state index in [2.05, 4.69) is 35.5 Å². The summed E-state index contributed by atoms with van der Waals surface area (Å²) in [4.78, 5) is 17.1. The van der Waals surface area contributed by atoms with Crippen LogP contribution in [0.2, 0.25) is 5.02 Å². The highest BCUT2D eigenvalue weighted by Gasteiger charge is 2.09. The second-order valence-electron chi connectivity index (χ2n) is 5.62. The molecule has 0 radical (unpaired) electrons. The Balaban J connectivity index is 0.00000210. The van der Waals surface area contributed by atoms with Crippen LogP contribution in [-0.2, 0) is 6.42 Å². The third-order valence-corrected chi connectivity index (χ3v) is 4.18. The molecular weight excluding hydrogens is 387 g/mol. The Labute approximate surface area is 166 Å². The molecule has 0 saturated carbocycles. The standard InChI is InChI=1S/C17H15ClN8.ClH/c18-12-2-1-6-20-13(12)5-7-21-17-24-15(23-16(19)25-17)10-3-4-11-9-22-26-14(11)8-10;/h1-4,6,8-9H,5,7H2,(H,22,26)(H3,19,21,23,24,25);1H. The number of hydrogen-bond donors (Lipinski definition) is 3. The van der Waals surface area contributed by atoms with Crippen molar-refractivity contribution >= 4 is 46.8 Å². The minimum absolute atomic E-state index is 0. The molecule has 1 aromatic carbocycles. The van der Waals surface area contributed by atoms with E-state index in [1.807, 2.05) is 24.3 Å². The Morgan fingerprint density at radius 2 is 2.04 bits per heavy atom. The Morgan fingerprint density at radius 1 is 1.15 bits per heavy atom. The van der Waals surface area contributed by atoms with Crippen LogP contribution in [0.1, 0.15) is 5.69 Å². The molecule has 0 bridgehead atoms. The number of fused-ring (bicyclic) bond motifs is 1. The maximum Gasteiger partial charge on any atom is 0.228 e. The van der Waals surface area contributed by atoms with Crippen molar-refractivity contribution in [2.24, 2.45) is 0 Å². The second-order valence-corrected chi connectivity index (χ2v) is 6.03. The van der Waals surface area contributed by atoms with Gasteiger partial charge < -0.3 is 11.1 Å². The zero-order valence-electron chi connectivity index (χ0n) is 14.1. The number of benzene rings is 1. The van der Waals surface area contributed by atoms with Gasteiger partial charge in [0, 0.05) is 30.1 Å². The molecule has 8 nitrogen and oxygen atoms in total. The smallest absolute Gasteiger partial charge is 0.228 e. The van der Waals surface area contributed by atoms with Gasteiger partial charge in [0.25, 0.3) is 0 Å². The van der Waals surface area contributed by atoms with Gasteiger partial charge in [0.2, 0.25) is 11.9 Å². The Bertz CT molecular complexity index is 1070. The number of hydrogen-bond acceptors (Lipinski definition) is 7. The molecule has 4 rings (SSSR count). The molecule has 0 aliphatic rings. The zero-order valence-corrected chi connectivity index (χ0v) is 15.6. The number of anilines is 2. The summed E-state index contributed by atoms with van der Waals surface area (Å²) in [6.07, 6.45) is 4.11. The van der Waals surface area contributed by atoms with Crippen LogP contribution in [0.4, 0.5) is 11.9 Å². The maximum atomic E-state index is 6.12. The van der Waals surface area contributed by atoms with Crippen molar-refractivity contribution in [3.8, 4) is 11.4 Å². The van der Waals surface area contributed by atoms with Crippen molar-refractivity contribution in [1.82, 2.24) is 30.1 Å². The highest BCUT2D eigenvalue weighted by molar-refractivity contribution is 6.31. The van der Waals surface area contributed by atoms with Gasteiger partial charge in [0.15, 0.2) is 5.82 Å². The Hall–Kier alpha value is -2.97. The van der Waals surface area contributed by atoms with Crippen molar-refractivity contribution in [1.29, 1.82) is 0 Å². The molecule has 0 spiro atoms. The van der Waals surface area contributed by atoms with Crippen molar-refractivity contribution in [3.63, 3.8) is 0 Å². The number of H-pyrrole nitrogens is 1. The fourth-order valence-corrected chi connectivity index (χ4v) is 2.79. The molecule has 138 valence electrons. The summed E-state index contributed by atoms with van der Waals surface area (Å²) >= 11 is 6.12. The SMILES string of the molecule is Cl.Nc1nc(NCCc2ncccc2Cl)nc(-c2ccc3cn[nH]c3c2)n1. The molecule has 0 aliphatic heterocycles. The van der Waals surface area contributed by atoms with Crippen molar-refractivity contribution in [2.75, 3.05) is 17.6 Å². The van der Waals surface area contributed by atoms with Crippen molar-refractivity contribution < 1.29 is 0 Å². The van der Waals surface area contributed by atoms with Gasteiger partial charge in [-0.25, -0.2) is 0 Å². The zero-order chi connectivity index (χ0) is 17.9. The largest absolute Gasteiger partial charge is 0.368 e. The van der Waals surface area contributed by atoms with E-state index >= 15 is 0 Å². The van der Waals surface area contributed by atoms with Crippen LogP contribution in [0.3, 0.4) is 0 Å². The van der Waals surface area contributed by atoms with Gasteiger partial charge in [-0.05, 0) is 18.2 Å². The average Bonchev–Trinajstić information content (AvgIpc) is 3.10. The van der Waals surface area contributed by atoms with Gasteiger partial charge in [-0.15, -0.1) is 12.4 Å². The number of nitrogen functional groups attached to an aromatic ring is 1. The first-order valence-corrected chi connectivity index (χ1v) is 8.35. The van der Waals surface area contributed by atoms with Gasteiger partial charge in [-0.1, -0.05) is 23.7 Å². The fraction of sp³-hybridized carbons (Fsp3) is 0.118. The molecule has 0 atom stereocenters. The highest BCUT2D eigenvalue weighted by atomic mass is 35.5. The summed E-state index contributed by atoms with van der Waals surface area (Å²) in [5.41, 5.74) is 8.38. The first-order chi connectivity index (χ1) is 12.7. The lowest BCUT2D eigenvalue weighted by Gasteiger charge is -2.08. The second kappa shape index (κ2) is 8.15. The minimum atomic E-state index is 0. The van der Waals surface area contributed by atoms with E-state index in [9.17, 15) is 0 Å². The predicted octanol–water partition coefficient (Wildman–Crippen LogP) is 3.12. The number of nitrogens with two attached hydrogens (primary N) is 1. The van der Waals surface area contributed by atoms with Crippen LogP contribution in [0.15, 0.2) is 42.7 Å². The number of nitrogens with zero attached hydrogens (tertiary/aromatic N) is 5. The lowest BCUT2D eigenvalue weighted by atomic mass is 10.1. The lowest BCUT2D eigenvalue weighted by Crippen LogP contribution is -2.11. The topological polar surface area (TPSA) is 118 Å². The third kappa shape index (κ3) is 4.24. The van der Waals surface area contributed by atoms with Crippen LogP contribution < -0.4 is 11.1 Å². The molecule has 0 saturated heterocycles. The summed E-state index contributed by atoms with van der Waals surface area (Å²) in [6, 6.07) is 9.41. The summed E-state index contributed by atoms with van der Waals surface area (Å²) in [5, 5.41) is 11.7. The molecule has 0 unspecified atom stereocenters. The fourth-order valence-electron chi connectivity index (χ4n) is 2.57. The predicted molar refractivity (Wildman–Crippen MR) is 108 cm³/mol. The maximum absolute atomic E-state index is 6.12. The number of pyridine rings is 1. The van der Waals surface area contributed by atoms with Crippen LogP contribution in [0.25, 0.3) is 22.3 Å². The number of nitrogens with one attached hydrogen (secondary N) is 2. The average molecular weight is 403 g/mol. The summed E-state index contributed by atoms with van der Waals surface area (Å²) in [5.74, 6) is 1.05. The third-order valence-electron chi connectivity index (χ3n) is 3.83. The molecule has 4 N–H and O–H groups in total. The van der Waals surface area contributed by atoms with Crippen LogP contribution in [0, 0.1) is 0 Å². The summed E-state index contributed by atoms with van der Waals surface area (Å²) in [7, 11) is 0. The first kappa shape index (κ1) is 18.8. The monoisotopic (exact) mass is 402 g/mol. The molecule has 10 heteroatoms. The summed E-state index contributed by atoms with van der Waals surface area (Å²) in [6.45, 7) is 0.569. The molecule has 3 aromatic heterocycles. The first-order valence-electron chi connectivity index (χ1n) is 7.97. The normalized spacial score (nSPS) is 10.6. The molecule has 27 heavy (non-hydrogen) atoms. The molecule has 0 amide bonds. The molecule has 4 aromatic rings. The highest BCUT2D eigenvalue weighted by Crippen LogP contribution is 2.21. The molecular formula is C17H16Cl2N8. The van der Waals surface area contributed by atoms with Gasteiger partial charge in [0.05, 0.1) is 22.4 Å². The molecule has 0 aliphatic carbocycles. The van der Waals surface area contributed by atoms with E-state index in [-0.39, 0.29) is 18.4 Å². The van der Waals surface area contributed by atoms with Crippen LogP contribution in [0.5, 0.6) is 0 Å². The van der Waals surface area contributed by atoms with Crippen LogP contribution >= 0.6 is 24.0 Å². The van der Waals surface area contributed by atoms with E-state index < -0.39 is 0 Å². The molecule has 3 heterocycles. The van der Waals surface area contributed by atoms with Gasteiger partial charge in [-0.2, -0.15) is 20.1 Å². The van der Waals surface area contributed by atoms with Gasteiger partial charge >= 0.3 is 0 Å². The van der Waals surface area contributed by atoms with Gasteiger partial charge in [0.1, 0.15) is 0 Å². The lowest BCUT2D eigenvalue weighted by molar-refractivity contribution is 0.935. The van der Waals surface area contributed by atoms with E-state index in [1.165, 1.54) is 0 Å². The van der Waals surface area contributed by atoms with Crippen molar-refractivity contribution in [3.05, 3.63) is 53.4 Å². The van der Waals surface area contributed by atoms with E-state index in [1.54, 1.807) is 18.5 Å². The van der Waals surface area contributed by atoms with E-state index in [0.717, 1.165) is 22.2 Å².